The van der Waals surface area contributed by atoms with Crippen molar-refractivity contribution in [3.63, 3.8) is 0 Å². The van der Waals surface area contributed by atoms with Gasteiger partial charge >= 0.3 is 0 Å². The molecule has 0 spiro atoms. The molecule has 0 atom stereocenters. The summed E-state index contributed by atoms with van der Waals surface area (Å²) >= 11 is 0. The molecule has 1 aliphatic rings. The molecule has 4 nitrogen and oxygen atoms in total. The van der Waals surface area contributed by atoms with Gasteiger partial charge in [0.05, 0.1) is 0 Å². The Bertz CT molecular complexity index is 700. The van der Waals surface area contributed by atoms with Gasteiger partial charge in [-0.05, 0) is 56.6 Å². The predicted molar refractivity (Wildman–Crippen MR) is 102 cm³/mol. The molecule has 0 aliphatic carbocycles. The summed E-state index contributed by atoms with van der Waals surface area (Å²) in [5.41, 5.74) is 2.14. The maximum absolute atomic E-state index is 12.3. The van der Waals surface area contributed by atoms with E-state index in [-0.39, 0.29) is 24.2 Å². The largest absolute Gasteiger partial charge is 0.457 e. The second-order valence-electron chi connectivity index (χ2n) is 6.27. The Hall–Kier alpha value is -2.04. The number of benzene rings is 2. The number of amides is 1. The lowest BCUT2D eigenvalue weighted by molar-refractivity contribution is -0.125. The van der Waals surface area contributed by atoms with Gasteiger partial charge in [0.15, 0.2) is 0 Å². The van der Waals surface area contributed by atoms with Crippen molar-refractivity contribution in [3.05, 3.63) is 59.7 Å². The van der Waals surface area contributed by atoms with Crippen molar-refractivity contribution in [1.82, 2.24) is 10.6 Å². The molecule has 1 heterocycles. The minimum absolute atomic E-state index is 0. The summed E-state index contributed by atoms with van der Waals surface area (Å²) in [5.74, 6) is 1.86. The number of para-hydroxylation sites is 1. The lowest BCUT2D eigenvalue weighted by Gasteiger charge is -2.22. The van der Waals surface area contributed by atoms with Crippen molar-refractivity contribution in [2.45, 2.75) is 26.3 Å². The van der Waals surface area contributed by atoms with Crippen LogP contribution in [0.25, 0.3) is 0 Å². The maximum Gasteiger partial charge on any atom is 0.223 e. The number of hydrogen-bond donors (Lipinski definition) is 2. The SMILES string of the molecule is Cc1cccc(Oc2ccccc2CNC(=O)C2CCNCC2)c1.Cl. The van der Waals surface area contributed by atoms with Crippen molar-refractivity contribution >= 4 is 18.3 Å². The van der Waals surface area contributed by atoms with Crippen LogP contribution in [-0.4, -0.2) is 19.0 Å². The number of hydrogen-bond acceptors (Lipinski definition) is 3. The molecule has 0 unspecified atom stereocenters. The summed E-state index contributed by atoms with van der Waals surface area (Å²) in [7, 11) is 0. The molecule has 134 valence electrons. The van der Waals surface area contributed by atoms with Crippen molar-refractivity contribution in [1.29, 1.82) is 0 Å². The van der Waals surface area contributed by atoms with E-state index in [0.29, 0.717) is 6.54 Å². The summed E-state index contributed by atoms with van der Waals surface area (Å²) in [4.78, 5) is 12.3. The number of halogens is 1. The summed E-state index contributed by atoms with van der Waals surface area (Å²) in [5, 5.41) is 6.34. The highest BCUT2D eigenvalue weighted by Gasteiger charge is 2.20. The van der Waals surface area contributed by atoms with Crippen LogP contribution in [-0.2, 0) is 11.3 Å². The minimum atomic E-state index is 0. The first-order valence-corrected chi connectivity index (χ1v) is 8.53. The third-order valence-corrected chi connectivity index (χ3v) is 4.35. The van der Waals surface area contributed by atoms with Crippen molar-refractivity contribution in [2.75, 3.05) is 13.1 Å². The zero-order valence-corrected chi connectivity index (χ0v) is 15.3. The Labute approximate surface area is 155 Å². The number of rotatable bonds is 5. The third kappa shape index (κ3) is 5.48. The van der Waals surface area contributed by atoms with Crippen molar-refractivity contribution < 1.29 is 9.53 Å². The van der Waals surface area contributed by atoms with Gasteiger partial charge in [-0.1, -0.05) is 30.3 Å². The molecule has 2 aromatic carbocycles. The topological polar surface area (TPSA) is 50.4 Å². The van der Waals surface area contributed by atoms with Crippen LogP contribution in [0.3, 0.4) is 0 Å². The number of piperidine rings is 1. The first-order chi connectivity index (χ1) is 11.7. The Morgan fingerprint density at radius 1 is 1.16 bits per heavy atom. The maximum atomic E-state index is 12.3. The lowest BCUT2D eigenvalue weighted by Crippen LogP contribution is -2.37. The first kappa shape index (κ1) is 19.3. The summed E-state index contributed by atoms with van der Waals surface area (Å²) in [6, 6.07) is 15.8. The van der Waals surface area contributed by atoms with Crippen molar-refractivity contribution in [3.8, 4) is 11.5 Å². The highest BCUT2D eigenvalue weighted by molar-refractivity contribution is 5.85. The fourth-order valence-electron chi connectivity index (χ4n) is 2.97. The summed E-state index contributed by atoms with van der Waals surface area (Å²) in [6.07, 6.45) is 1.82. The van der Waals surface area contributed by atoms with E-state index in [1.165, 1.54) is 0 Å². The Kier molecular flexibility index (Phi) is 7.29. The van der Waals surface area contributed by atoms with Crippen LogP contribution in [0.15, 0.2) is 48.5 Å². The molecular formula is C20H25ClN2O2. The molecule has 0 bridgehead atoms. The molecule has 1 saturated heterocycles. The van der Waals surface area contributed by atoms with E-state index in [9.17, 15) is 4.79 Å². The Morgan fingerprint density at radius 3 is 2.68 bits per heavy atom. The standard InChI is InChI=1S/C20H24N2O2.ClH/c1-15-5-4-7-18(13-15)24-19-8-3-2-6-17(19)14-22-20(23)16-9-11-21-12-10-16;/h2-8,13,16,21H,9-12,14H2,1H3,(H,22,23);1H. The van der Waals surface area contributed by atoms with Gasteiger partial charge in [-0.15, -0.1) is 12.4 Å². The van der Waals surface area contributed by atoms with Gasteiger partial charge in [-0.3, -0.25) is 4.79 Å². The smallest absolute Gasteiger partial charge is 0.223 e. The van der Waals surface area contributed by atoms with Crippen LogP contribution in [0.4, 0.5) is 0 Å². The molecule has 0 aromatic heterocycles. The molecule has 2 N–H and O–H groups in total. The average molecular weight is 361 g/mol. The minimum Gasteiger partial charge on any atom is -0.457 e. The van der Waals surface area contributed by atoms with E-state index < -0.39 is 0 Å². The van der Waals surface area contributed by atoms with E-state index >= 15 is 0 Å². The Morgan fingerprint density at radius 2 is 1.92 bits per heavy atom. The zero-order valence-electron chi connectivity index (χ0n) is 14.5. The van der Waals surface area contributed by atoms with Crippen LogP contribution in [0.2, 0.25) is 0 Å². The normalized spacial score (nSPS) is 14.4. The molecule has 1 fully saturated rings. The Balaban J connectivity index is 0.00000225. The molecule has 3 rings (SSSR count). The van der Waals surface area contributed by atoms with Crippen LogP contribution < -0.4 is 15.4 Å². The predicted octanol–water partition coefficient (Wildman–Crippen LogP) is 3.82. The number of aryl methyl sites for hydroxylation is 1. The monoisotopic (exact) mass is 360 g/mol. The van der Waals surface area contributed by atoms with Gasteiger partial charge in [0.25, 0.3) is 0 Å². The van der Waals surface area contributed by atoms with Gasteiger partial charge in [0.2, 0.25) is 5.91 Å². The van der Waals surface area contributed by atoms with Crippen molar-refractivity contribution in [2.24, 2.45) is 5.92 Å². The van der Waals surface area contributed by atoms with E-state index in [1.807, 2.05) is 55.5 Å². The molecule has 0 radical (unpaired) electrons. The van der Waals surface area contributed by atoms with Gasteiger partial charge in [-0.2, -0.15) is 0 Å². The van der Waals surface area contributed by atoms with Crippen LogP contribution >= 0.6 is 12.4 Å². The summed E-state index contributed by atoms with van der Waals surface area (Å²) in [6.45, 7) is 4.37. The lowest BCUT2D eigenvalue weighted by atomic mass is 9.97. The molecule has 1 aliphatic heterocycles. The number of carbonyl (C=O) groups is 1. The number of carbonyl (C=O) groups excluding carboxylic acids is 1. The van der Waals surface area contributed by atoms with E-state index in [1.54, 1.807) is 0 Å². The fraction of sp³-hybridized carbons (Fsp3) is 0.350. The average Bonchev–Trinajstić information content (AvgIpc) is 2.61. The molecule has 1 amide bonds. The second kappa shape index (κ2) is 9.44. The van der Waals surface area contributed by atoms with E-state index in [0.717, 1.165) is 48.6 Å². The molecule has 5 heteroatoms. The van der Waals surface area contributed by atoms with Gasteiger partial charge in [0, 0.05) is 18.0 Å². The van der Waals surface area contributed by atoms with E-state index in [4.69, 9.17) is 4.74 Å². The van der Waals surface area contributed by atoms with Gasteiger partial charge in [-0.25, -0.2) is 0 Å². The first-order valence-electron chi connectivity index (χ1n) is 8.53. The molecule has 2 aromatic rings. The third-order valence-electron chi connectivity index (χ3n) is 4.35. The van der Waals surface area contributed by atoms with Crippen LogP contribution in [0, 0.1) is 12.8 Å². The van der Waals surface area contributed by atoms with E-state index in [2.05, 4.69) is 10.6 Å². The second-order valence-corrected chi connectivity index (χ2v) is 6.27. The van der Waals surface area contributed by atoms with Crippen LogP contribution in [0.5, 0.6) is 11.5 Å². The zero-order chi connectivity index (χ0) is 16.8. The number of nitrogens with one attached hydrogen (secondary N) is 2. The van der Waals surface area contributed by atoms with Crippen LogP contribution in [0.1, 0.15) is 24.0 Å². The van der Waals surface area contributed by atoms with Gasteiger partial charge < -0.3 is 15.4 Å². The molecule has 25 heavy (non-hydrogen) atoms. The highest BCUT2D eigenvalue weighted by Crippen LogP contribution is 2.26. The van der Waals surface area contributed by atoms with Gasteiger partial charge in [0.1, 0.15) is 11.5 Å². The fourth-order valence-corrected chi connectivity index (χ4v) is 2.97. The molecular weight excluding hydrogens is 336 g/mol. The molecule has 0 saturated carbocycles. The highest BCUT2D eigenvalue weighted by atomic mass is 35.5. The number of ether oxygens (including phenoxy) is 1. The quantitative estimate of drug-likeness (QED) is 0.852. The summed E-state index contributed by atoms with van der Waals surface area (Å²) < 4.78 is 6.01.